The van der Waals surface area contributed by atoms with E-state index in [2.05, 4.69) is 17.2 Å². The number of esters is 1. The Morgan fingerprint density at radius 2 is 2.15 bits per heavy atom. The third-order valence-corrected chi connectivity index (χ3v) is 3.67. The van der Waals surface area contributed by atoms with Gasteiger partial charge in [-0.3, -0.25) is 4.79 Å². The van der Waals surface area contributed by atoms with Crippen LogP contribution in [0.15, 0.2) is 24.4 Å². The van der Waals surface area contributed by atoms with Gasteiger partial charge in [0.2, 0.25) is 0 Å². The molecule has 0 spiro atoms. The Hall–Kier alpha value is -1.91. The van der Waals surface area contributed by atoms with Gasteiger partial charge < -0.3 is 10.1 Å². The third kappa shape index (κ3) is 4.05. The highest BCUT2D eigenvalue weighted by Gasteiger charge is 2.23. The molecule has 1 aromatic heterocycles. The number of rotatable bonds is 4. The molecule has 2 atom stereocenters. The van der Waals surface area contributed by atoms with Crippen LogP contribution in [0, 0.1) is 5.92 Å². The second-order valence-electron chi connectivity index (χ2n) is 5.23. The number of carbonyl (C=O) groups is 2. The van der Waals surface area contributed by atoms with E-state index in [1.165, 1.54) is 12.6 Å². The molecule has 20 heavy (non-hydrogen) atoms. The van der Waals surface area contributed by atoms with Crippen LogP contribution in [-0.2, 0) is 9.53 Å². The molecule has 1 saturated carbocycles. The van der Waals surface area contributed by atoms with E-state index in [1.807, 2.05) is 0 Å². The summed E-state index contributed by atoms with van der Waals surface area (Å²) < 4.78 is 4.95. The van der Waals surface area contributed by atoms with E-state index in [0.717, 1.165) is 19.3 Å². The van der Waals surface area contributed by atoms with Crippen LogP contribution in [0.5, 0.6) is 0 Å². The van der Waals surface area contributed by atoms with E-state index in [4.69, 9.17) is 4.74 Å². The Kier molecular flexibility index (Phi) is 5.09. The Bertz CT molecular complexity index is 461. The zero-order chi connectivity index (χ0) is 14.4. The van der Waals surface area contributed by atoms with Crippen LogP contribution in [0.1, 0.15) is 43.1 Å². The van der Waals surface area contributed by atoms with E-state index >= 15 is 0 Å². The van der Waals surface area contributed by atoms with Crippen molar-refractivity contribution in [2.45, 2.75) is 38.6 Å². The molecular formula is C15H20N2O3. The van der Waals surface area contributed by atoms with E-state index in [9.17, 15) is 9.59 Å². The maximum absolute atomic E-state index is 11.8. The van der Waals surface area contributed by atoms with Gasteiger partial charge in [0.05, 0.1) is 0 Å². The second-order valence-corrected chi connectivity index (χ2v) is 5.23. The first-order valence-electron chi connectivity index (χ1n) is 7.04. The lowest BCUT2D eigenvalue weighted by atomic mass is 9.86. The molecule has 1 aliphatic carbocycles. The first kappa shape index (κ1) is 14.5. The SMILES string of the molecule is CC1CCCCC1NC(=O)COC(=O)c1ccccn1. The average molecular weight is 276 g/mol. The normalized spacial score (nSPS) is 22.1. The van der Waals surface area contributed by atoms with Gasteiger partial charge in [0.25, 0.3) is 5.91 Å². The minimum Gasteiger partial charge on any atom is -0.451 e. The van der Waals surface area contributed by atoms with Crippen LogP contribution in [0.2, 0.25) is 0 Å². The first-order chi connectivity index (χ1) is 9.66. The van der Waals surface area contributed by atoms with Crippen molar-refractivity contribution in [3.05, 3.63) is 30.1 Å². The molecule has 0 saturated heterocycles. The number of carbonyl (C=O) groups excluding carboxylic acids is 2. The Morgan fingerprint density at radius 1 is 1.35 bits per heavy atom. The van der Waals surface area contributed by atoms with Gasteiger partial charge in [-0.1, -0.05) is 25.8 Å². The fourth-order valence-corrected chi connectivity index (χ4v) is 2.47. The molecule has 1 fully saturated rings. The van der Waals surface area contributed by atoms with Gasteiger partial charge >= 0.3 is 5.97 Å². The lowest BCUT2D eigenvalue weighted by molar-refractivity contribution is -0.125. The number of pyridine rings is 1. The molecule has 0 aliphatic heterocycles. The van der Waals surface area contributed by atoms with Crippen molar-refractivity contribution >= 4 is 11.9 Å². The minimum atomic E-state index is -0.572. The van der Waals surface area contributed by atoms with Crippen LogP contribution in [0.3, 0.4) is 0 Å². The number of amides is 1. The predicted molar refractivity (Wildman–Crippen MR) is 74.1 cm³/mol. The van der Waals surface area contributed by atoms with Crippen molar-refractivity contribution in [1.29, 1.82) is 0 Å². The molecule has 1 heterocycles. The van der Waals surface area contributed by atoms with Crippen molar-refractivity contribution in [1.82, 2.24) is 10.3 Å². The fourth-order valence-electron chi connectivity index (χ4n) is 2.47. The molecule has 0 radical (unpaired) electrons. The minimum absolute atomic E-state index is 0.199. The molecule has 0 bridgehead atoms. The van der Waals surface area contributed by atoms with Gasteiger partial charge in [-0.15, -0.1) is 0 Å². The van der Waals surface area contributed by atoms with E-state index < -0.39 is 5.97 Å². The number of nitrogens with one attached hydrogen (secondary N) is 1. The van der Waals surface area contributed by atoms with Gasteiger partial charge in [-0.05, 0) is 30.9 Å². The molecule has 1 N–H and O–H groups in total. The monoisotopic (exact) mass is 276 g/mol. The molecule has 2 unspecified atom stereocenters. The summed E-state index contributed by atoms with van der Waals surface area (Å²) in [6.45, 7) is 1.89. The summed E-state index contributed by atoms with van der Waals surface area (Å²) >= 11 is 0. The third-order valence-electron chi connectivity index (χ3n) is 3.67. The number of nitrogens with zero attached hydrogens (tertiary/aromatic N) is 1. The average Bonchev–Trinajstić information content (AvgIpc) is 2.48. The summed E-state index contributed by atoms with van der Waals surface area (Å²) in [5.74, 6) is -0.329. The number of ether oxygens (including phenoxy) is 1. The van der Waals surface area contributed by atoms with Gasteiger partial charge in [0, 0.05) is 12.2 Å². The lowest BCUT2D eigenvalue weighted by Crippen LogP contribution is -2.42. The maximum atomic E-state index is 11.8. The fraction of sp³-hybridized carbons (Fsp3) is 0.533. The quantitative estimate of drug-likeness (QED) is 0.853. The number of hydrogen-bond acceptors (Lipinski definition) is 4. The maximum Gasteiger partial charge on any atom is 0.357 e. The molecule has 1 aliphatic rings. The van der Waals surface area contributed by atoms with Crippen molar-refractivity contribution in [2.75, 3.05) is 6.61 Å². The van der Waals surface area contributed by atoms with Crippen LogP contribution < -0.4 is 5.32 Å². The van der Waals surface area contributed by atoms with Gasteiger partial charge in [0.1, 0.15) is 5.69 Å². The highest BCUT2D eigenvalue weighted by molar-refractivity contribution is 5.89. The topological polar surface area (TPSA) is 68.3 Å². The van der Waals surface area contributed by atoms with E-state index in [0.29, 0.717) is 5.92 Å². The summed E-state index contributed by atoms with van der Waals surface area (Å²) in [6.07, 6.45) is 6.02. The van der Waals surface area contributed by atoms with Crippen LogP contribution in [-0.4, -0.2) is 29.5 Å². The Labute approximate surface area is 118 Å². The molecule has 108 valence electrons. The lowest BCUT2D eigenvalue weighted by Gasteiger charge is -2.29. The van der Waals surface area contributed by atoms with Gasteiger partial charge in [-0.2, -0.15) is 0 Å². The zero-order valence-electron chi connectivity index (χ0n) is 11.7. The van der Waals surface area contributed by atoms with Gasteiger partial charge in [-0.25, -0.2) is 9.78 Å². The molecule has 0 aromatic carbocycles. The smallest absolute Gasteiger partial charge is 0.357 e. The van der Waals surface area contributed by atoms with Crippen molar-refractivity contribution < 1.29 is 14.3 Å². The Balaban J connectivity index is 1.76. The summed E-state index contributed by atoms with van der Waals surface area (Å²) in [7, 11) is 0. The van der Waals surface area contributed by atoms with Crippen LogP contribution >= 0.6 is 0 Å². The molecular weight excluding hydrogens is 256 g/mol. The zero-order valence-corrected chi connectivity index (χ0v) is 11.7. The summed E-state index contributed by atoms with van der Waals surface area (Å²) in [5, 5.41) is 2.94. The molecule has 2 rings (SSSR count). The van der Waals surface area contributed by atoms with Crippen molar-refractivity contribution in [3.63, 3.8) is 0 Å². The number of hydrogen-bond donors (Lipinski definition) is 1. The van der Waals surface area contributed by atoms with Crippen molar-refractivity contribution in [2.24, 2.45) is 5.92 Å². The molecule has 5 nitrogen and oxygen atoms in total. The largest absolute Gasteiger partial charge is 0.451 e. The molecule has 1 aromatic rings. The van der Waals surface area contributed by atoms with Crippen molar-refractivity contribution in [3.8, 4) is 0 Å². The summed E-state index contributed by atoms with van der Waals surface area (Å²) in [4.78, 5) is 27.3. The van der Waals surface area contributed by atoms with Crippen LogP contribution in [0.25, 0.3) is 0 Å². The van der Waals surface area contributed by atoms with E-state index in [-0.39, 0.29) is 24.2 Å². The Morgan fingerprint density at radius 3 is 2.85 bits per heavy atom. The van der Waals surface area contributed by atoms with E-state index in [1.54, 1.807) is 18.2 Å². The first-order valence-corrected chi connectivity index (χ1v) is 7.04. The second kappa shape index (κ2) is 7.03. The highest BCUT2D eigenvalue weighted by Crippen LogP contribution is 2.23. The molecule has 1 amide bonds. The van der Waals surface area contributed by atoms with Crippen LogP contribution in [0.4, 0.5) is 0 Å². The number of aromatic nitrogens is 1. The summed E-state index contributed by atoms with van der Waals surface area (Å²) in [6, 6.07) is 5.18. The summed E-state index contributed by atoms with van der Waals surface area (Å²) in [5.41, 5.74) is 0.214. The molecule has 5 heteroatoms. The highest BCUT2D eigenvalue weighted by atomic mass is 16.5. The standard InChI is InChI=1S/C15H20N2O3/c1-11-6-2-3-7-12(11)17-14(18)10-20-15(19)13-8-4-5-9-16-13/h4-5,8-9,11-12H,2-3,6-7,10H2,1H3,(H,17,18). The van der Waals surface area contributed by atoms with Gasteiger partial charge in [0.15, 0.2) is 6.61 Å². The predicted octanol–water partition coefficient (Wildman–Crippen LogP) is 1.93.